The maximum absolute atomic E-state index is 11.5. The molecular formula is C14H21N4O2+. The zero-order chi connectivity index (χ0) is 14.5. The fourth-order valence-corrected chi connectivity index (χ4v) is 3.16. The Bertz CT molecular complexity index is 554. The third-order valence-electron chi connectivity index (χ3n) is 4.45. The summed E-state index contributed by atoms with van der Waals surface area (Å²) in [6.45, 7) is 8.51. The van der Waals surface area contributed by atoms with Crippen molar-refractivity contribution in [1.29, 1.82) is 0 Å². The van der Waals surface area contributed by atoms with E-state index in [9.17, 15) is 9.90 Å². The number of hydrogen-bond acceptors (Lipinski definition) is 4. The number of carboxylic acid groups (broad SMARTS) is 1. The van der Waals surface area contributed by atoms with Gasteiger partial charge in [0.25, 0.3) is 0 Å². The van der Waals surface area contributed by atoms with Crippen LogP contribution in [0.25, 0.3) is 0 Å². The zero-order valence-electron chi connectivity index (χ0n) is 12.3. The summed E-state index contributed by atoms with van der Waals surface area (Å²) in [5, 5.41) is 14.3. The molecule has 1 spiro atoms. The largest absolute Gasteiger partial charge is 0.478 e. The van der Waals surface area contributed by atoms with Crippen LogP contribution in [-0.4, -0.2) is 71.2 Å². The molecule has 0 aromatic heterocycles. The molecule has 0 amide bonds. The predicted octanol–water partition coefficient (Wildman–Crippen LogP) is 0.654. The van der Waals surface area contributed by atoms with Crippen molar-refractivity contribution in [3.05, 3.63) is 22.9 Å². The number of fused-ring (bicyclic) bond motifs is 1. The fourth-order valence-electron chi connectivity index (χ4n) is 3.16. The van der Waals surface area contributed by atoms with E-state index in [2.05, 4.69) is 16.8 Å². The molecule has 0 radical (unpaired) electrons. The third-order valence-corrected chi connectivity index (χ3v) is 4.45. The van der Waals surface area contributed by atoms with Gasteiger partial charge in [-0.05, 0) is 32.5 Å². The second-order valence-corrected chi connectivity index (χ2v) is 5.99. The first-order valence-corrected chi connectivity index (χ1v) is 6.97. The van der Waals surface area contributed by atoms with Gasteiger partial charge < -0.3 is 5.11 Å². The molecule has 3 heterocycles. The number of amidine groups is 1. The average molecular weight is 277 g/mol. The van der Waals surface area contributed by atoms with E-state index in [4.69, 9.17) is 5.10 Å². The molecule has 3 aliphatic rings. The number of likely N-dealkylation sites (N-methyl/N-ethyl adjacent to an activating group) is 1. The van der Waals surface area contributed by atoms with E-state index < -0.39 is 5.97 Å². The number of allylic oxidation sites excluding steroid dienone is 3. The first-order chi connectivity index (χ1) is 9.42. The van der Waals surface area contributed by atoms with Gasteiger partial charge in [0, 0.05) is 18.8 Å². The molecule has 0 unspecified atom stereocenters. The Morgan fingerprint density at radius 3 is 2.60 bits per heavy atom. The maximum Gasteiger partial charge on any atom is 0.339 e. The van der Waals surface area contributed by atoms with Crippen LogP contribution in [0.15, 0.2) is 28.0 Å². The molecule has 108 valence electrons. The van der Waals surface area contributed by atoms with Crippen LogP contribution >= 0.6 is 0 Å². The predicted molar refractivity (Wildman–Crippen MR) is 75.7 cm³/mol. The Hall–Kier alpha value is -1.66. The summed E-state index contributed by atoms with van der Waals surface area (Å²) in [5.74, 6) is -0.247. The summed E-state index contributed by atoms with van der Waals surface area (Å²) in [6, 6.07) is 0. The van der Waals surface area contributed by atoms with Crippen molar-refractivity contribution in [3.63, 3.8) is 0 Å². The number of nitrogens with zero attached hydrogens (tertiary/aromatic N) is 4. The van der Waals surface area contributed by atoms with Gasteiger partial charge in [0.15, 0.2) is 6.67 Å². The number of carbonyl (C=O) groups is 1. The lowest BCUT2D eigenvalue weighted by Crippen LogP contribution is -2.56. The van der Waals surface area contributed by atoms with Gasteiger partial charge in [0.05, 0.1) is 0 Å². The van der Waals surface area contributed by atoms with Gasteiger partial charge in [-0.2, -0.15) is 4.59 Å². The number of hydrogen-bond donors (Lipinski definition) is 1. The van der Waals surface area contributed by atoms with Gasteiger partial charge in [0.1, 0.15) is 18.7 Å². The van der Waals surface area contributed by atoms with E-state index in [1.165, 1.54) is 0 Å². The van der Waals surface area contributed by atoms with Crippen molar-refractivity contribution in [2.24, 2.45) is 5.10 Å². The Kier molecular flexibility index (Phi) is 2.95. The summed E-state index contributed by atoms with van der Waals surface area (Å²) in [4.78, 5) is 15.9. The number of aliphatic carboxylic acids is 1. The summed E-state index contributed by atoms with van der Waals surface area (Å²) >= 11 is 0. The third kappa shape index (κ3) is 1.96. The van der Waals surface area contributed by atoms with E-state index in [0.717, 1.165) is 44.1 Å². The van der Waals surface area contributed by atoms with Crippen molar-refractivity contribution in [2.45, 2.75) is 13.8 Å². The number of quaternary nitrogens is 1. The molecule has 0 saturated carbocycles. The second-order valence-electron chi connectivity index (χ2n) is 5.99. The van der Waals surface area contributed by atoms with Gasteiger partial charge in [-0.3, -0.25) is 9.80 Å². The van der Waals surface area contributed by atoms with Crippen LogP contribution in [0.2, 0.25) is 0 Å². The van der Waals surface area contributed by atoms with Crippen LogP contribution in [0, 0.1) is 0 Å². The van der Waals surface area contributed by atoms with Crippen molar-refractivity contribution >= 4 is 11.8 Å². The van der Waals surface area contributed by atoms with E-state index in [0.29, 0.717) is 16.0 Å². The van der Waals surface area contributed by atoms with Crippen molar-refractivity contribution in [2.75, 3.05) is 39.9 Å². The van der Waals surface area contributed by atoms with Crippen LogP contribution in [0.4, 0.5) is 0 Å². The summed E-state index contributed by atoms with van der Waals surface area (Å²) in [5.41, 5.74) is 2.23. The first-order valence-electron chi connectivity index (χ1n) is 6.97. The molecule has 1 saturated heterocycles. The lowest BCUT2D eigenvalue weighted by atomic mass is 10.0. The molecular weight excluding hydrogens is 256 g/mol. The lowest BCUT2D eigenvalue weighted by molar-refractivity contribution is -0.938. The van der Waals surface area contributed by atoms with Crippen LogP contribution < -0.4 is 0 Å². The standard InChI is InChI=1S/C14H20N4O2/c1-10-8-11(2)17-9-18(6-4-16(3)5-7-18)15-13(17)12(10)14(19)20/h8H,4-7,9H2,1-3H3/p+1. The first kappa shape index (κ1) is 13.3. The summed E-state index contributed by atoms with van der Waals surface area (Å²) < 4.78 is 0.634. The minimum atomic E-state index is -0.885. The Labute approximate surface area is 118 Å². The summed E-state index contributed by atoms with van der Waals surface area (Å²) in [6.07, 6.45) is 1.94. The Morgan fingerprint density at radius 2 is 2.00 bits per heavy atom. The van der Waals surface area contributed by atoms with Crippen LogP contribution in [0.5, 0.6) is 0 Å². The van der Waals surface area contributed by atoms with Crippen molar-refractivity contribution in [1.82, 2.24) is 9.80 Å². The monoisotopic (exact) mass is 277 g/mol. The quantitative estimate of drug-likeness (QED) is 0.715. The average Bonchev–Trinajstić information content (AvgIpc) is 2.73. The topological polar surface area (TPSA) is 56.1 Å². The van der Waals surface area contributed by atoms with E-state index >= 15 is 0 Å². The molecule has 1 fully saturated rings. The lowest BCUT2D eigenvalue weighted by Gasteiger charge is -2.36. The van der Waals surface area contributed by atoms with Gasteiger partial charge in [0.2, 0.25) is 5.84 Å². The van der Waals surface area contributed by atoms with Gasteiger partial charge in [-0.1, -0.05) is 5.10 Å². The molecule has 0 aromatic carbocycles. The molecule has 20 heavy (non-hydrogen) atoms. The molecule has 6 nitrogen and oxygen atoms in total. The normalized spacial score (nSPS) is 25.6. The van der Waals surface area contributed by atoms with Gasteiger partial charge in [-0.25, -0.2) is 4.79 Å². The van der Waals surface area contributed by atoms with Crippen LogP contribution in [-0.2, 0) is 4.79 Å². The highest BCUT2D eigenvalue weighted by Crippen LogP contribution is 2.32. The smallest absolute Gasteiger partial charge is 0.339 e. The molecule has 3 aliphatic heterocycles. The van der Waals surface area contributed by atoms with E-state index in [-0.39, 0.29) is 0 Å². The maximum atomic E-state index is 11.5. The zero-order valence-corrected chi connectivity index (χ0v) is 12.3. The Balaban J connectivity index is 2.00. The van der Waals surface area contributed by atoms with Gasteiger partial charge >= 0.3 is 5.97 Å². The van der Waals surface area contributed by atoms with E-state index in [1.807, 2.05) is 19.9 Å². The highest BCUT2D eigenvalue weighted by Gasteiger charge is 2.45. The van der Waals surface area contributed by atoms with E-state index in [1.54, 1.807) is 0 Å². The highest BCUT2D eigenvalue weighted by atomic mass is 16.4. The fraction of sp³-hybridized carbons (Fsp3) is 0.571. The van der Waals surface area contributed by atoms with Crippen LogP contribution in [0.1, 0.15) is 13.8 Å². The van der Waals surface area contributed by atoms with Gasteiger partial charge in [-0.15, -0.1) is 0 Å². The van der Waals surface area contributed by atoms with Crippen molar-refractivity contribution < 1.29 is 14.5 Å². The molecule has 0 aliphatic carbocycles. The molecule has 0 atom stereocenters. The molecule has 3 rings (SSSR count). The number of rotatable bonds is 1. The minimum absolute atomic E-state index is 0.351. The molecule has 0 aromatic rings. The van der Waals surface area contributed by atoms with Crippen molar-refractivity contribution in [3.8, 4) is 0 Å². The minimum Gasteiger partial charge on any atom is -0.478 e. The Morgan fingerprint density at radius 1 is 1.35 bits per heavy atom. The molecule has 6 heteroatoms. The highest BCUT2D eigenvalue weighted by molar-refractivity contribution is 6.20. The molecule has 1 N–H and O–H groups in total. The second kappa shape index (κ2) is 4.43. The molecule has 0 bridgehead atoms. The van der Waals surface area contributed by atoms with Crippen LogP contribution in [0.3, 0.4) is 0 Å². The number of carboxylic acids is 1. The number of piperazine rings is 1. The SMILES string of the molecule is CC1=CC(C)=C(C(=O)O)C2=N[N+]3(CCN(C)CC3)CN12. The summed E-state index contributed by atoms with van der Waals surface area (Å²) in [7, 11) is 2.12.